The third-order valence-electron chi connectivity index (χ3n) is 2.79. The predicted molar refractivity (Wildman–Crippen MR) is 78.5 cm³/mol. The molecule has 0 aliphatic carbocycles. The zero-order valence-corrected chi connectivity index (χ0v) is 11.4. The molecule has 4 nitrogen and oxygen atoms in total. The summed E-state index contributed by atoms with van der Waals surface area (Å²) in [5, 5.41) is 5.47. The molecule has 1 amide bonds. The van der Waals surface area contributed by atoms with E-state index in [0.717, 1.165) is 18.2 Å². The molecule has 0 saturated carbocycles. The van der Waals surface area contributed by atoms with Crippen LogP contribution in [0.5, 0.6) is 0 Å². The van der Waals surface area contributed by atoms with Gasteiger partial charge in [0.1, 0.15) is 11.6 Å². The lowest BCUT2D eigenvalue weighted by Crippen LogP contribution is -2.22. The summed E-state index contributed by atoms with van der Waals surface area (Å²) in [7, 11) is 0. The van der Waals surface area contributed by atoms with Crippen LogP contribution in [0.1, 0.15) is 17.3 Å². The van der Waals surface area contributed by atoms with E-state index >= 15 is 0 Å². The Bertz CT molecular complexity index is 654. The molecule has 0 radical (unpaired) electrons. The lowest BCUT2D eigenvalue weighted by atomic mass is 10.1. The molecule has 2 aromatic carbocycles. The van der Waals surface area contributed by atoms with Gasteiger partial charge in [0, 0.05) is 23.9 Å². The molecule has 6 heteroatoms. The minimum absolute atomic E-state index is 0.229. The van der Waals surface area contributed by atoms with E-state index in [4.69, 9.17) is 5.73 Å². The molecule has 0 aliphatic rings. The smallest absolute Gasteiger partial charge is 0.251 e. The fraction of sp³-hybridized carbons (Fsp3) is 0.133. The maximum absolute atomic E-state index is 13.1. The van der Waals surface area contributed by atoms with E-state index in [2.05, 4.69) is 10.6 Å². The van der Waals surface area contributed by atoms with Crippen molar-refractivity contribution >= 4 is 23.0 Å². The fourth-order valence-electron chi connectivity index (χ4n) is 1.86. The predicted octanol–water partition coefficient (Wildman–Crippen LogP) is 3.04. The zero-order chi connectivity index (χ0) is 15.4. The number of nitrogens with one attached hydrogen (secondary N) is 2. The average molecular weight is 291 g/mol. The van der Waals surface area contributed by atoms with Gasteiger partial charge in [-0.3, -0.25) is 4.79 Å². The third kappa shape index (κ3) is 3.68. The SMILES string of the molecule is CCNC(=O)c1ccc(Nc2cc(F)cc(F)c2)c(N)c1. The van der Waals surface area contributed by atoms with Crippen molar-refractivity contribution in [2.45, 2.75) is 6.92 Å². The van der Waals surface area contributed by atoms with Crippen molar-refractivity contribution in [3.63, 3.8) is 0 Å². The zero-order valence-electron chi connectivity index (χ0n) is 11.4. The van der Waals surface area contributed by atoms with Crippen LogP contribution in [-0.2, 0) is 0 Å². The second kappa shape index (κ2) is 6.21. The van der Waals surface area contributed by atoms with Crippen molar-refractivity contribution in [2.75, 3.05) is 17.6 Å². The van der Waals surface area contributed by atoms with Crippen molar-refractivity contribution < 1.29 is 13.6 Å². The monoisotopic (exact) mass is 291 g/mol. The number of benzene rings is 2. The first kappa shape index (κ1) is 14.8. The Morgan fingerprint density at radius 2 is 1.81 bits per heavy atom. The van der Waals surface area contributed by atoms with Crippen LogP contribution in [0.15, 0.2) is 36.4 Å². The number of halogens is 2. The number of carbonyl (C=O) groups is 1. The molecule has 0 spiro atoms. The van der Waals surface area contributed by atoms with Gasteiger partial charge >= 0.3 is 0 Å². The Kier molecular flexibility index (Phi) is 4.37. The van der Waals surface area contributed by atoms with E-state index in [-0.39, 0.29) is 11.6 Å². The maximum Gasteiger partial charge on any atom is 0.251 e. The molecular weight excluding hydrogens is 276 g/mol. The van der Waals surface area contributed by atoms with Gasteiger partial charge in [-0.25, -0.2) is 8.78 Å². The first-order chi connectivity index (χ1) is 9.99. The van der Waals surface area contributed by atoms with Crippen LogP contribution in [0.4, 0.5) is 25.8 Å². The minimum Gasteiger partial charge on any atom is -0.397 e. The minimum atomic E-state index is -0.685. The Labute approximate surface area is 121 Å². The van der Waals surface area contributed by atoms with Crippen LogP contribution in [-0.4, -0.2) is 12.5 Å². The van der Waals surface area contributed by atoms with Crippen LogP contribution in [0, 0.1) is 11.6 Å². The molecule has 2 rings (SSSR count). The number of nitrogens with two attached hydrogens (primary N) is 1. The normalized spacial score (nSPS) is 10.2. The van der Waals surface area contributed by atoms with E-state index in [1.807, 2.05) is 6.92 Å². The molecule has 110 valence electrons. The number of rotatable bonds is 4. The fourth-order valence-corrected chi connectivity index (χ4v) is 1.86. The van der Waals surface area contributed by atoms with Gasteiger partial charge < -0.3 is 16.4 Å². The molecule has 0 heterocycles. The summed E-state index contributed by atoms with van der Waals surface area (Å²) in [5.41, 5.74) is 7.29. The number of carbonyl (C=O) groups excluding carboxylic acids is 1. The van der Waals surface area contributed by atoms with Crippen molar-refractivity contribution in [3.05, 3.63) is 53.6 Å². The Morgan fingerprint density at radius 3 is 2.38 bits per heavy atom. The highest BCUT2D eigenvalue weighted by Gasteiger charge is 2.08. The molecule has 4 N–H and O–H groups in total. The number of anilines is 3. The van der Waals surface area contributed by atoms with Gasteiger partial charge in [-0.15, -0.1) is 0 Å². The van der Waals surface area contributed by atoms with E-state index in [1.165, 1.54) is 6.07 Å². The highest BCUT2D eigenvalue weighted by atomic mass is 19.1. The summed E-state index contributed by atoms with van der Waals surface area (Å²) in [6.07, 6.45) is 0. The first-order valence-electron chi connectivity index (χ1n) is 6.40. The summed E-state index contributed by atoms with van der Waals surface area (Å²) in [5.74, 6) is -1.60. The number of hydrogen-bond acceptors (Lipinski definition) is 3. The molecule has 0 atom stereocenters. The Hall–Kier alpha value is -2.63. The van der Waals surface area contributed by atoms with Crippen LogP contribution in [0.2, 0.25) is 0 Å². The van der Waals surface area contributed by atoms with Gasteiger partial charge in [-0.1, -0.05) is 0 Å². The molecule has 0 saturated heterocycles. The molecule has 0 unspecified atom stereocenters. The lowest BCUT2D eigenvalue weighted by molar-refractivity contribution is 0.0956. The van der Waals surface area contributed by atoms with Crippen LogP contribution in [0.25, 0.3) is 0 Å². The van der Waals surface area contributed by atoms with Crippen molar-refractivity contribution in [2.24, 2.45) is 0 Å². The second-order valence-corrected chi connectivity index (χ2v) is 4.44. The van der Waals surface area contributed by atoms with Crippen LogP contribution in [0.3, 0.4) is 0 Å². The van der Waals surface area contributed by atoms with Crippen molar-refractivity contribution in [1.29, 1.82) is 0 Å². The molecule has 21 heavy (non-hydrogen) atoms. The quantitative estimate of drug-likeness (QED) is 0.758. The summed E-state index contributed by atoms with van der Waals surface area (Å²) in [6, 6.07) is 7.76. The number of nitrogen functional groups attached to an aromatic ring is 1. The average Bonchev–Trinajstić information content (AvgIpc) is 2.40. The Balaban J connectivity index is 2.23. The van der Waals surface area contributed by atoms with E-state index < -0.39 is 11.6 Å². The summed E-state index contributed by atoms with van der Waals surface area (Å²) < 4.78 is 26.2. The lowest BCUT2D eigenvalue weighted by Gasteiger charge is -2.11. The molecule has 0 bridgehead atoms. The van der Waals surface area contributed by atoms with E-state index in [1.54, 1.807) is 12.1 Å². The van der Waals surface area contributed by atoms with E-state index in [9.17, 15) is 13.6 Å². The molecule has 2 aromatic rings. The topological polar surface area (TPSA) is 67.2 Å². The number of amides is 1. The standard InChI is InChI=1S/C15H15F2N3O/c1-2-19-15(21)9-3-4-14(13(18)5-9)20-12-7-10(16)6-11(17)8-12/h3-8,20H,2,18H2,1H3,(H,19,21). The van der Waals surface area contributed by atoms with Crippen molar-refractivity contribution in [1.82, 2.24) is 5.32 Å². The largest absolute Gasteiger partial charge is 0.397 e. The van der Waals surface area contributed by atoms with E-state index in [0.29, 0.717) is 23.5 Å². The van der Waals surface area contributed by atoms with Gasteiger partial charge in [0.2, 0.25) is 0 Å². The third-order valence-corrected chi connectivity index (χ3v) is 2.79. The van der Waals surface area contributed by atoms with Gasteiger partial charge in [0.25, 0.3) is 5.91 Å². The highest BCUT2D eigenvalue weighted by molar-refractivity contribution is 5.96. The highest BCUT2D eigenvalue weighted by Crippen LogP contribution is 2.25. The number of hydrogen-bond donors (Lipinski definition) is 3. The molecule has 0 aliphatic heterocycles. The Morgan fingerprint density at radius 1 is 1.14 bits per heavy atom. The molecule has 0 aromatic heterocycles. The molecule has 0 fully saturated rings. The first-order valence-corrected chi connectivity index (χ1v) is 6.40. The summed E-state index contributed by atoms with van der Waals surface area (Å²) in [6.45, 7) is 2.33. The van der Waals surface area contributed by atoms with Gasteiger partial charge in [0.15, 0.2) is 0 Å². The van der Waals surface area contributed by atoms with Gasteiger partial charge in [0.05, 0.1) is 11.4 Å². The molecular formula is C15H15F2N3O. The van der Waals surface area contributed by atoms with Gasteiger partial charge in [-0.05, 0) is 37.3 Å². The summed E-state index contributed by atoms with van der Waals surface area (Å²) >= 11 is 0. The van der Waals surface area contributed by atoms with Crippen molar-refractivity contribution in [3.8, 4) is 0 Å². The maximum atomic E-state index is 13.1. The summed E-state index contributed by atoms with van der Waals surface area (Å²) in [4.78, 5) is 11.7. The van der Waals surface area contributed by atoms with Gasteiger partial charge in [-0.2, -0.15) is 0 Å². The van der Waals surface area contributed by atoms with Crippen LogP contribution < -0.4 is 16.4 Å². The second-order valence-electron chi connectivity index (χ2n) is 4.44. The van der Waals surface area contributed by atoms with Crippen LogP contribution >= 0.6 is 0 Å².